The van der Waals surface area contributed by atoms with Crippen LogP contribution in [-0.4, -0.2) is 92.8 Å². The van der Waals surface area contributed by atoms with Crippen LogP contribution < -0.4 is 4.74 Å². The first kappa shape index (κ1) is 28.1. The van der Waals surface area contributed by atoms with Gasteiger partial charge < -0.3 is 9.47 Å². The smallest absolute Gasteiger partial charge is 0.302 e. The summed E-state index contributed by atoms with van der Waals surface area (Å²) in [6.07, 6.45) is 1.94. The Bertz CT molecular complexity index is 1290. The van der Waals surface area contributed by atoms with Crippen LogP contribution in [0, 0.1) is 0 Å². The van der Waals surface area contributed by atoms with E-state index in [1.54, 1.807) is 25.1 Å². The average Bonchev–Trinajstić information content (AvgIpc) is 3.34. The third kappa shape index (κ3) is 5.89. The molecular formula is C27H36N4O6S. The number of nitrogens with zero attached hydrogens (tertiary/aromatic N) is 4. The van der Waals surface area contributed by atoms with Crippen molar-refractivity contribution >= 4 is 33.2 Å². The first-order valence-corrected chi connectivity index (χ1v) is 14.6. The number of hydrogen-bond acceptors (Lipinski definition) is 9. The van der Waals surface area contributed by atoms with E-state index in [0.717, 1.165) is 18.6 Å². The van der Waals surface area contributed by atoms with Gasteiger partial charge in [0.2, 0.25) is 10.0 Å². The second-order valence-electron chi connectivity index (χ2n) is 9.61. The Labute approximate surface area is 224 Å². The Balaban J connectivity index is 1.57. The molecule has 0 N–H and O–H groups in total. The fourth-order valence-electron chi connectivity index (χ4n) is 4.95. The Morgan fingerprint density at radius 2 is 1.89 bits per heavy atom. The summed E-state index contributed by atoms with van der Waals surface area (Å²) in [5, 5.41) is 0. The van der Waals surface area contributed by atoms with E-state index in [4.69, 9.17) is 14.5 Å². The van der Waals surface area contributed by atoms with E-state index in [0.29, 0.717) is 74.0 Å². The van der Waals surface area contributed by atoms with Crippen LogP contribution in [0.2, 0.25) is 0 Å². The number of ether oxygens (including phenoxy) is 2. The normalized spacial score (nSPS) is 20.7. The van der Waals surface area contributed by atoms with Gasteiger partial charge >= 0.3 is 5.97 Å². The fourth-order valence-corrected chi connectivity index (χ4v) is 6.40. The Hall–Kier alpha value is -2.89. The van der Waals surface area contributed by atoms with Crippen LogP contribution in [0.25, 0.3) is 0 Å². The molecule has 0 bridgehead atoms. The monoisotopic (exact) mass is 544 g/mol. The van der Waals surface area contributed by atoms with E-state index in [2.05, 4.69) is 16.8 Å². The highest BCUT2D eigenvalue weighted by Gasteiger charge is 2.35. The third-order valence-corrected chi connectivity index (χ3v) is 8.80. The zero-order valence-corrected chi connectivity index (χ0v) is 23.3. The molecule has 0 aromatic heterocycles. The molecule has 0 spiro atoms. The quantitative estimate of drug-likeness (QED) is 0.416. The number of sulfonamides is 1. The molecule has 206 valence electrons. The molecule has 1 unspecified atom stereocenters. The molecule has 3 aliphatic heterocycles. The Kier molecular flexibility index (Phi) is 8.79. The molecule has 11 heteroatoms. The molecule has 1 aromatic rings. The van der Waals surface area contributed by atoms with Crippen molar-refractivity contribution in [3.05, 3.63) is 35.0 Å². The lowest BCUT2D eigenvalue weighted by atomic mass is 9.93. The summed E-state index contributed by atoms with van der Waals surface area (Å²) in [6.45, 7) is 10.1. The van der Waals surface area contributed by atoms with Gasteiger partial charge in [0.25, 0.3) is 0 Å². The van der Waals surface area contributed by atoms with E-state index in [1.165, 1.54) is 11.2 Å². The molecule has 3 heterocycles. The lowest BCUT2D eigenvalue weighted by Gasteiger charge is -2.33. The van der Waals surface area contributed by atoms with Crippen molar-refractivity contribution in [2.75, 3.05) is 45.9 Å². The molecule has 1 aromatic carbocycles. The lowest BCUT2D eigenvalue weighted by molar-refractivity contribution is -0.141. The molecule has 1 atom stereocenters. The number of allylic oxidation sites excluding steroid dienone is 1. The molecule has 1 saturated heterocycles. The van der Waals surface area contributed by atoms with Gasteiger partial charge in [-0.3, -0.25) is 19.5 Å². The topological polar surface area (TPSA) is 118 Å². The van der Waals surface area contributed by atoms with Crippen LogP contribution in [0.15, 0.2) is 44.3 Å². The summed E-state index contributed by atoms with van der Waals surface area (Å²) in [5.74, 6) is 0.176. The SMILES string of the molecule is CCCC1=NC(C)C(=O)C2=C1N=C(c1cc(S(=O)(=O)N3CCN(CCOC(C)=O)CC3)ccc1OCC)C2. The first-order valence-electron chi connectivity index (χ1n) is 13.2. The van der Waals surface area contributed by atoms with E-state index < -0.39 is 16.1 Å². The predicted octanol–water partition coefficient (Wildman–Crippen LogP) is 2.61. The second kappa shape index (κ2) is 11.9. The van der Waals surface area contributed by atoms with E-state index in [9.17, 15) is 18.0 Å². The number of carbonyl (C=O) groups is 2. The van der Waals surface area contributed by atoms with Gasteiger partial charge in [0, 0.05) is 57.2 Å². The molecule has 3 aliphatic rings. The molecule has 38 heavy (non-hydrogen) atoms. The summed E-state index contributed by atoms with van der Waals surface area (Å²) >= 11 is 0. The number of esters is 1. The van der Waals surface area contributed by atoms with Crippen LogP contribution in [0.3, 0.4) is 0 Å². The van der Waals surface area contributed by atoms with Crippen molar-refractivity contribution in [1.29, 1.82) is 0 Å². The number of carbonyl (C=O) groups excluding carboxylic acids is 2. The maximum absolute atomic E-state index is 13.6. The van der Waals surface area contributed by atoms with Crippen molar-refractivity contribution in [3.8, 4) is 5.75 Å². The van der Waals surface area contributed by atoms with Crippen molar-refractivity contribution in [2.45, 2.75) is 57.9 Å². The summed E-state index contributed by atoms with van der Waals surface area (Å²) in [6, 6.07) is 4.43. The largest absolute Gasteiger partial charge is 0.493 e. The number of piperazine rings is 1. The molecule has 1 fully saturated rings. The van der Waals surface area contributed by atoms with Gasteiger partial charge in [-0.1, -0.05) is 13.3 Å². The van der Waals surface area contributed by atoms with Gasteiger partial charge in [-0.2, -0.15) is 4.31 Å². The summed E-state index contributed by atoms with van der Waals surface area (Å²) in [7, 11) is -3.76. The van der Waals surface area contributed by atoms with Gasteiger partial charge in [0.05, 0.1) is 28.6 Å². The van der Waals surface area contributed by atoms with Crippen molar-refractivity contribution in [3.63, 3.8) is 0 Å². The van der Waals surface area contributed by atoms with Gasteiger partial charge in [0.1, 0.15) is 18.4 Å². The van der Waals surface area contributed by atoms with Crippen LogP contribution >= 0.6 is 0 Å². The highest BCUT2D eigenvalue weighted by atomic mass is 32.2. The minimum Gasteiger partial charge on any atom is -0.493 e. The lowest BCUT2D eigenvalue weighted by Crippen LogP contribution is -2.49. The first-order chi connectivity index (χ1) is 18.1. The van der Waals surface area contributed by atoms with Crippen molar-refractivity contribution in [1.82, 2.24) is 9.21 Å². The van der Waals surface area contributed by atoms with Crippen LogP contribution in [0.1, 0.15) is 52.5 Å². The van der Waals surface area contributed by atoms with E-state index >= 15 is 0 Å². The van der Waals surface area contributed by atoms with Crippen molar-refractivity contribution in [2.24, 2.45) is 9.98 Å². The number of rotatable bonds is 10. The third-order valence-electron chi connectivity index (χ3n) is 6.91. The summed E-state index contributed by atoms with van der Waals surface area (Å²) in [4.78, 5) is 35.5. The van der Waals surface area contributed by atoms with Gasteiger partial charge in [-0.15, -0.1) is 0 Å². The second-order valence-corrected chi connectivity index (χ2v) is 11.5. The number of hydrogen-bond donors (Lipinski definition) is 0. The maximum atomic E-state index is 13.6. The highest BCUT2D eigenvalue weighted by molar-refractivity contribution is 7.89. The molecule has 0 saturated carbocycles. The average molecular weight is 545 g/mol. The number of ketones is 1. The summed E-state index contributed by atoms with van der Waals surface area (Å²) in [5.41, 5.74) is 3.31. The van der Waals surface area contributed by atoms with Crippen LogP contribution in [0.4, 0.5) is 0 Å². The minimum atomic E-state index is -3.76. The Morgan fingerprint density at radius 1 is 1.16 bits per heavy atom. The molecule has 0 amide bonds. The summed E-state index contributed by atoms with van der Waals surface area (Å²) < 4.78 is 39.5. The number of aliphatic imine (C=N–C) groups is 2. The molecule has 0 radical (unpaired) electrons. The zero-order chi connectivity index (χ0) is 27.4. The van der Waals surface area contributed by atoms with E-state index in [1.807, 2.05) is 6.92 Å². The molecule has 0 aliphatic carbocycles. The highest BCUT2D eigenvalue weighted by Crippen LogP contribution is 2.35. The minimum absolute atomic E-state index is 0.0353. The standard InChI is InChI=1S/C27H36N4O6S/c1-5-7-23-26-22(27(33)18(3)28-23)17-24(29-26)21-16-20(8-9-25(21)36-6-2)38(34,35)31-12-10-30(11-13-31)14-15-37-19(4)32/h8-9,16,18H,5-7,10-15,17H2,1-4H3. The van der Waals surface area contributed by atoms with E-state index in [-0.39, 0.29) is 23.3 Å². The molecule has 10 nitrogen and oxygen atoms in total. The molecular weight excluding hydrogens is 508 g/mol. The van der Waals surface area contributed by atoms with Crippen molar-refractivity contribution < 1.29 is 27.5 Å². The number of benzene rings is 1. The maximum Gasteiger partial charge on any atom is 0.302 e. The zero-order valence-electron chi connectivity index (χ0n) is 22.5. The van der Waals surface area contributed by atoms with Gasteiger partial charge in [0.15, 0.2) is 5.78 Å². The van der Waals surface area contributed by atoms with Crippen LogP contribution in [-0.2, 0) is 24.3 Å². The van der Waals surface area contributed by atoms with Gasteiger partial charge in [-0.05, 0) is 38.5 Å². The molecule has 4 rings (SSSR count). The number of dihydropyridines is 1. The fraction of sp³-hybridized carbons (Fsp3) is 0.556. The number of Topliss-reactive ketones (excluding diaryl/α,β-unsaturated/α-hetero) is 1. The Morgan fingerprint density at radius 3 is 2.55 bits per heavy atom. The van der Waals surface area contributed by atoms with Gasteiger partial charge in [-0.25, -0.2) is 13.4 Å². The predicted molar refractivity (Wildman–Crippen MR) is 144 cm³/mol. The van der Waals surface area contributed by atoms with Crippen LogP contribution in [0.5, 0.6) is 5.75 Å².